The molecule has 1 atom stereocenters. The van der Waals surface area contributed by atoms with Gasteiger partial charge in [-0.1, -0.05) is 24.3 Å². The largest absolute Gasteiger partial charge is 0.402 e. The van der Waals surface area contributed by atoms with Gasteiger partial charge in [0.1, 0.15) is 0 Å². The Hall–Kier alpha value is -3.47. The SMILES string of the molecule is CC(=N)/C(=C(/C)N)c1ccccc1C(C)N(c1cccnc1)c1cccnc1. The molecule has 0 fully saturated rings. The smallest absolute Gasteiger partial charge is 0.0603 e. The average Bonchev–Trinajstić information content (AvgIpc) is 2.70. The second-order valence-corrected chi connectivity index (χ2v) is 6.74. The van der Waals surface area contributed by atoms with Crippen molar-refractivity contribution in [2.24, 2.45) is 5.73 Å². The minimum atomic E-state index is -0.0294. The van der Waals surface area contributed by atoms with E-state index < -0.39 is 0 Å². The van der Waals surface area contributed by atoms with Crippen LogP contribution >= 0.6 is 0 Å². The molecule has 2 aromatic heterocycles. The minimum Gasteiger partial charge on any atom is -0.402 e. The standard InChI is InChI=1S/C23H25N5/c1-16(24)23(17(2)25)22-11-5-4-10-21(22)18(3)28(19-8-6-12-26-14-19)20-9-7-13-27-15-20/h4-15,18,24H,25H2,1-3H3/b23-17+,24-16?. The highest BCUT2D eigenvalue weighted by atomic mass is 15.2. The van der Waals surface area contributed by atoms with Gasteiger partial charge in [0.2, 0.25) is 0 Å². The number of aromatic nitrogens is 2. The Bertz CT molecular complexity index is 937. The van der Waals surface area contributed by atoms with Crippen molar-refractivity contribution in [1.29, 1.82) is 5.41 Å². The van der Waals surface area contributed by atoms with Crippen LogP contribution in [0.4, 0.5) is 11.4 Å². The molecule has 0 saturated carbocycles. The maximum atomic E-state index is 8.22. The molecule has 0 radical (unpaired) electrons. The topological polar surface area (TPSA) is 78.9 Å². The lowest BCUT2D eigenvalue weighted by molar-refractivity contribution is 0.768. The Morgan fingerprint density at radius 1 is 0.929 bits per heavy atom. The molecule has 0 aliphatic heterocycles. The molecule has 1 aromatic carbocycles. The maximum Gasteiger partial charge on any atom is 0.0603 e. The second kappa shape index (κ2) is 8.48. The first kappa shape index (κ1) is 19.3. The van der Waals surface area contributed by atoms with Crippen molar-refractivity contribution < 1.29 is 0 Å². The van der Waals surface area contributed by atoms with Crippen LogP contribution < -0.4 is 10.6 Å². The van der Waals surface area contributed by atoms with Gasteiger partial charge in [-0.15, -0.1) is 0 Å². The normalized spacial score (nSPS) is 12.8. The van der Waals surface area contributed by atoms with Gasteiger partial charge in [0.15, 0.2) is 0 Å². The number of nitrogens with zero attached hydrogens (tertiary/aromatic N) is 3. The van der Waals surface area contributed by atoms with Crippen LogP contribution in [0, 0.1) is 5.41 Å². The van der Waals surface area contributed by atoms with Gasteiger partial charge >= 0.3 is 0 Å². The Balaban J connectivity index is 2.17. The van der Waals surface area contributed by atoms with E-state index in [1.54, 1.807) is 19.3 Å². The Labute approximate surface area is 166 Å². The van der Waals surface area contributed by atoms with Gasteiger partial charge in [0.25, 0.3) is 0 Å². The van der Waals surface area contributed by atoms with Crippen molar-refractivity contribution in [3.63, 3.8) is 0 Å². The van der Waals surface area contributed by atoms with Crippen molar-refractivity contribution in [2.45, 2.75) is 26.8 Å². The molecule has 3 rings (SSSR count). The molecule has 1 unspecified atom stereocenters. The van der Waals surface area contributed by atoms with Gasteiger partial charge < -0.3 is 16.0 Å². The van der Waals surface area contributed by atoms with Crippen LogP contribution in [0.15, 0.2) is 79.0 Å². The summed E-state index contributed by atoms with van der Waals surface area (Å²) in [5.74, 6) is 0. The number of nitrogens with one attached hydrogen (secondary N) is 1. The monoisotopic (exact) mass is 371 g/mol. The van der Waals surface area contributed by atoms with Gasteiger partial charge in [-0.05, 0) is 56.2 Å². The second-order valence-electron chi connectivity index (χ2n) is 6.74. The zero-order chi connectivity index (χ0) is 20.1. The highest BCUT2D eigenvalue weighted by Crippen LogP contribution is 2.37. The van der Waals surface area contributed by atoms with E-state index in [0.717, 1.165) is 28.1 Å². The van der Waals surface area contributed by atoms with Crippen molar-refractivity contribution >= 4 is 22.7 Å². The number of rotatable bonds is 6. The van der Waals surface area contributed by atoms with E-state index in [4.69, 9.17) is 11.1 Å². The molecule has 0 amide bonds. The summed E-state index contributed by atoms with van der Waals surface area (Å²) in [4.78, 5) is 10.8. The molecule has 0 aliphatic rings. The van der Waals surface area contributed by atoms with Crippen LogP contribution in [0.3, 0.4) is 0 Å². The molecule has 5 nitrogen and oxygen atoms in total. The van der Waals surface area contributed by atoms with E-state index in [-0.39, 0.29) is 6.04 Å². The lowest BCUT2D eigenvalue weighted by atomic mass is 9.91. The third-order valence-corrected chi connectivity index (χ3v) is 4.69. The number of hydrogen-bond acceptors (Lipinski definition) is 5. The van der Waals surface area contributed by atoms with Gasteiger partial charge in [-0.25, -0.2) is 0 Å². The zero-order valence-electron chi connectivity index (χ0n) is 16.4. The van der Waals surface area contributed by atoms with Crippen LogP contribution in [0.1, 0.15) is 37.9 Å². The average molecular weight is 371 g/mol. The molecular weight excluding hydrogens is 346 g/mol. The third kappa shape index (κ3) is 3.93. The summed E-state index contributed by atoms with van der Waals surface area (Å²) in [6, 6.07) is 16.0. The summed E-state index contributed by atoms with van der Waals surface area (Å²) in [6.45, 7) is 5.75. The number of pyridine rings is 2. The van der Waals surface area contributed by atoms with E-state index in [2.05, 4.69) is 27.9 Å². The lowest BCUT2D eigenvalue weighted by Gasteiger charge is -2.32. The van der Waals surface area contributed by atoms with Gasteiger partial charge in [0, 0.05) is 29.4 Å². The molecule has 5 heteroatoms. The highest BCUT2D eigenvalue weighted by molar-refractivity contribution is 6.22. The fourth-order valence-corrected chi connectivity index (χ4v) is 3.53. The van der Waals surface area contributed by atoms with Gasteiger partial charge in [0.05, 0.1) is 29.8 Å². The predicted molar refractivity (Wildman–Crippen MR) is 116 cm³/mol. The van der Waals surface area contributed by atoms with Gasteiger partial charge in [-0.2, -0.15) is 0 Å². The summed E-state index contributed by atoms with van der Waals surface area (Å²) in [5, 5.41) is 8.22. The minimum absolute atomic E-state index is 0.0294. The van der Waals surface area contributed by atoms with Crippen molar-refractivity contribution in [2.75, 3.05) is 4.90 Å². The summed E-state index contributed by atoms with van der Waals surface area (Å²) in [7, 11) is 0. The number of allylic oxidation sites excluding steroid dienone is 2. The molecule has 3 aromatic rings. The fourth-order valence-electron chi connectivity index (χ4n) is 3.53. The molecule has 2 heterocycles. The Kier molecular flexibility index (Phi) is 5.84. The van der Waals surface area contributed by atoms with E-state index >= 15 is 0 Å². The highest BCUT2D eigenvalue weighted by Gasteiger charge is 2.23. The van der Waals surface area contributed by atoms with Crippen molar-refractivity contribution in [1.82, 2.24) is 9.97 Å². The van der Waals surface area contributed by atoms with Crippen LogP contribution in [0.2, 0.25) is 0 Å². The predicted octanol–water partition coefficient (Wildman–Crippen LogP) is 5.11. The first-order chi connectivity index (χ1) is 13.5. The summed E-state index contributed by atoms with van der Waals surface area (Å²) < 4.78 is 0. The number of nitrogens with two attached hydrogens (primary N) is 1. The summed E-state index contributed by atoms with van der Waals surface area (Å²) in [6.07, 6.45) is 7.22. The van der Waals surface area contributed by atoms with Crippen molar-refractivity contribution in [3.8, 4) is 0 Å². The van der Waals surface area contributed by atoms with Crippen LogP contribution in [0.5, 0.6) is 0 Å². The van der Waals surface area contributed by atoms with E-state index in [9.17, 15) is 0 Å². The Morgan fingerprint density at radius 2 is 1.50 bits per heavy atom. The van der Waals surface area contributed by atoms with Crippen LogP contribution in [-0.2, 0) is 0 Å². The van der Waals surface area contributed by atoms with E-state index in [1.165, 1.54) is 0 Å². The van der Waals surface area contributed by atoms with Crippen molar-refractivity contribution in [3.05, 3.63) is 90.1 Å². The van der Waals surface area contributed by atoms with E-state index in [0.29, 0.717) is 11.4 Å². The number of hydrogen-bond donors (Lipinski definition) is 2. The van der Waals surface area contributed by atoms with Crippen LogP contribution in [-0.4, -0.2) is 15.7 Å². The molecule has 3 N–H and O–H groups in total. The first-order valence-electron chi connectivity index (χ1n) is 9.21. The van der Waals surface area contributed by atoms with E-state index in [1.807, 2.05) is 61.8 Å². The maximum absolute atomic E-state index is 8.22. The lowest BCUT2D eigenvalue weighted by Crippen LogP contribution is -2.23. The summed E-state index contributed by atoms with van der Waals surface area (Å²) in [5.41, 5.74) is 12.0. The number of benzene rings is 1. The first-order valence-corrected chi connectivity index (χ1v) is 9.21. The molecule has 0 spiro atoms. The molecule has 142 valence electrons. The molecule has 28 heavy (non-hydrogen) atoms. The van der Waals surface area contributed by atoms with Gasteiger partial charge in [-0.3, -0.25) is 9.97 Å². The molecule has 0 saturated heterocycles. The fraction of sp³-hybridized carbons (Fsp3) is 0.174. The quantitative estimate of drug-likeness (QED) is 0.591. The Morgan fingerprint density at radius 3 is 1.96 bits per heavy atom. The summed E-state index contributed by atoms with van der Waals surface area (Å²) >= 11 is 0. The molecule has 0 bridgehead atoms. The molecular formula is C23H25N5. The van der Waals surface area contributed by atoms with Crippen LogP contribution in [0.25, 0.3) is 5.57 Å². The zero-order valence-corrected chi connectivity index (χ0v) is 16.4. The third-order valence-electron chi connectivity index (χ3n) is 4.69. The molecule has 0 aliphatic carbocycles. The number of anilines is 2.